The third-order valence-electron chi connectivity index (χ3n) is 2.45. The van der Waals surface area contributed by atoms with Gasteiger partial charge in [0.2, 0.25) is 0 Å². The minimum Gasteiger partial charge on any atom is -0.276 e. The van der Waals surface area contributed by atoms with Crippen LogP contribution >= 0.6 is 34.8 Å². The van der Waals surface area contributed by atoms with E-state index < -0.39 is 11.1 Å². The maximum Gasteiger partial charge on any atom is 0.253 e. The Balaban J connectivity index is 2.78. The van der Waals surface area contributed by atoms with E-state index in [0.29, 0.717) is 5.56 Å². The molecule has 0 aliphatic carbocycles. The summed E-state index contributed by atoms with van der Waals surface area (Å²) in [6.45, 7) is 0. The molecule has 0 amide bonds. The van der Waals surface area contributed by atoms with Crippen molar-refractivity contribution in [1.29, 1.82) is 0 Å². The maximum absolute atomic E-state index is 13.9. The molecule has 2 aromatic carbocycles. The molecule has 0 aliphatic rings. The molecule has 1 nitrogen and oxygen atoms in total. The average molecular weight is 304 g/mol. The van der Waals surface area contributed by atoms with Crippen LogP contribution in [-0.2, 0) is 0 Å². The molecule has 18 heavy (non-hydrogen) atoms. The van der Waals surface area contributed by atoms with Gasteiger partial charge in [-0.15, -0.1) is 0 Å². The molecule has 0 atom stereocenters. The van der Waals surface area contributed by atoms with E-state index in [0.717, 1.165) is 0 Å². The van der Waals surface area contributed by atoms with Crippen LogP contribution in [0.5, 0.6) is 0 Å². The van der Waals surface area contributed by atoms with Crippen molar-refractivity contribution >= 4 is 40.0 Å². The molecule has 0 saturated carbocycles. The smallest absolute Gasteiger partial charge is 0.253 e. The Morgan fingerprint density at radius 2 is 1.72 bits per heavy atom. The number of carbonyl (C=O) groups is 1. The summed E-state index contributed by atoms with van der Waals surface area (Å²) in [5, 5.41) is -0.283. The molecule has 0 N–H and O–H groups in total. The molecule has 0 unspecified atom stereocenters. The molecule has 2 aromatic rings. The zero-order valence-electron chi connectivity index (χ0n) is 8.88. The molecule has 5 heteroatoms. The van der Waals surface area contributed by atoms with Gasteiger partial charge < -0.3 is 0 Å². The third kappa shape index (κ3) is 2.37. The summed E-state index contributed by atoms with van der Waals surface area (Å²) in [6, 6.07) is 8.86. The lowest BCUT2D eigenvalue weighted by atomic mass is 9.99. The summed E-state index contributed by atoms with van der Waals surface area (Å²) in [7, 11) is 0. The molecule has 0 bridgehead atoms. The van der Waals surface area contributed by atoms with Crippen LogP contribution in [0.25, 0.3) is 11.1 Å². The third-order valence-corrected chi connectivity index (χ3v) is 3.47. The van der Waals surface area contributed by atoms with Crippen LogP contribution in [0.4, 0.5) is 4.39 Å². The lowest BCUT2D eigenvalue weighted by Crippen LogP contribution is -1.97. The molecule has 92 valence electrons. The summed E-state index contributed by atoms with van der Waals surface area (Å²) in [4.78, 5) is 11.3. The van der Waals surface area contributed by atoms with Crippen LogP contribution in [0.3, 0.4) is 0 Å². The highest BCUT2D eigenvalue weighted by molar-refractivity contribution is 6.68. The van der Waals surface area contributed by atoms with Gasteiger partial charge in [-0.05, 0) is 29.8 Å². The second-order valence-corrected chi connectivity index (χ2v) is 4.67. The van der Waals surface area contributed by atoms with E-state index in [4.69, 9.17) is 34.8 Å². The number of carbonyl (C=O) groups excluding carboxylic acids is 1. The zero-order valence-corrected chi connectivity index (χ0v) is 11.2. The molecule has 0 spiro atoms. The fourth-order valence-electron chi connectivity index (χ4n) is 1.66. The lowest BCUT2D eigenvalue weighted by molar-refractivity contribution is 0.108. The van der Waals surface area contributed by atoms with Crippen LogP contribution in [0.1, 0.15) is 10.4 Å². The summed E-state index contributed by atoms with van der Waals surface area (Å²) < 4.78 is 13.9. The highest BCUT2D eigenvalue weighted by atomic mass is 35.5. The van der Waals surface area contributed by atoms with Gasteiger partial charge >= 0.3 is 0 Å². The number of benzene rings is 2. The van der Waals surface area contributed by atoms with E-state index in [1.54, 1.807) is 18.2 Å². The molecule has 0 aromatic heterocycles. The Hall–Kier alpha value is -1.09. The van der Waals surface area contributed by atoms with Crippen molar-refractivity contribution in [1.82, 2.24) is 0 Å². The van der Waals surface area contributed by atoms with E-state index in [9.17, 15) is 9.18 Å². The maximum atomic E-state index is 13.9. The van der Waals surface area contributed by atoms with Crippen molar-refractivity contribution in [3.63, 3.8) is 0 Å². The monoisotopic (exact) mass is 302 g/mol. The van der Waals surface area contributed by atoms with E-state index >= 15 is 0 Å². The zero-order chi connectivity index (χ0) is 13.3. The standard InChI is InChI=1S/C13H6Cl3FO/c14-9-5-1-3-7(12(9)15)11-8(13(16)18)4-2-6-10(11)17/h1-6H. The normalized spacial score (nSPS) is 10.4. The summed E-state index contributed by atoms with van der Waals surface area (Å²) >= 11 is 17.3. The molecule has 0 saturated heterocycles. The molecule has 0 aliphatic heterocycles. The molecule has 0 fully saturated rings. The van der Waals surface area contributed by atoms with Gasteiger partial charge in [-0.25, -0.2) is 4.39 Å². The molecule has 0 heterocycles. The van der Waals surface area contributed by atoms with Gasteiger partial charge in [-0.3, -0.25) is 4.79 Å². The summed E-state index contributed by atoms with van der Waals surface area (Å²) in [5.74, 6) is -0.578. The van der Waals surface area contributed by atoms with Crippen molar-refractivity contribution in [3.8, 4) is 11.1 Å². The fourth-order valence-corrected chi connectivity index (χ4v) is 2.21. The van der Waals surface area contributed by atoms with Gasteiger partial charge in [0.05, 0.1) is 10.0 Å². The Labute approximate surface area is 118 Å². The van der Waals surface area contributed by atoms with Gasteiger partial charge in [0, 0.05) is 16.7 Å². The first kappa shape index (κ1) is 13.3. The second-order valence-electron chi connectivity index (χ2n) is 3.54. The topological polar surface area (TPSA) is 17.1 Å². The molecular formula is C13H6Cl3FO. The minimum atomic E-state index is -0.749. The van der Waals surface area contributed by atoms with Crippen molar-refractivity contribution in [3.05, 3.63) is 57.8 Å². The van der Waals surface area contributed by atoms with Crippen molar-refractivity contribution in [2.75, 3.05) is 0 Å². The van der Waals surface area contributed by atoms with Crippen molar-refractivity contribution in [2.45, 2.75) is 0 Å². The first-order valence-electron chi connectivity index (χ1n) is 4.95. The average Bonchev–Trinajstić information content (AvgIpc) is 2.33. The van der Waals surface area contributed by atoms with Crippen molar-refractivity contribution < 1.29 is 9.18 Å². The summed E-state index contributed by atoms with van der Waals surface area (Å²) in [6.07, 6.45) is 0. The van der Waals surface area contributed by atoms with E-state index in [1.165, 1.54) is 18.2 Å². The lowest BCUT2D eigenvalue weighted by Gasteiger charge is -2.10. The van der Waals surface area contributed by atoms with Crippen LogP contribution in [0.2, 0.25) is 10.0 Å². The Morgan fingerprint density at radius 1 is 1.06 bits per heavy atom. The van der Waals surface area contributed by atoms with Crippen LogP contribution in [0.15, 0.2) is 36.4 Å². The van der Waals surface area contributed by atoms with Gasteiger partial charge in [0.1, 0.15) is 5.82 Å². The predicted molar refractivity (Wildman–Crippen MR) is 72.0 cm³/mol. The largest absolute Gasteiger partial charge is 0.276 e. The highest BCUT2D eigenvalue weighted by Crippen LogP contribution is 2.37. The number of hydrogen-bond acceptors (Lipinski definition) is 1. The fraction of sp³-hybridized carbons (Fsp3) is 0. The van der Waals surface area contributed by atoms with Gasteiger partial charge in [-0.2, -0.15) is 0 Å². The minimum absolute atomic E-state index is 0.0563. The first-order chi connectivity index (χ1) is 8.52. The second kappa shape index (κ2) is 5.27. The predicted octanol–water partition coefficient (Wildman–Crippen LogP) is 5.18. The highest BCUT2D eigenvalue weighted by Gasteiger charge is 2.18. The first-order valence-corrected chi connectivity index (χ1v) is 6.08. The number of halogens is 4. The number of rotatable bonds is 2. The van der Waals surface area contributed by atoms with Gasteiger partial charge in [-0.1, -0.05) is 41.4 Å². The van der Waals surface area contributed by atoms with E-state index in [1.807, 2.05) is 0 Å². The summed E-state index contributed by atoms with van der Waals surface area (Å²) in [5.41, 5.74) is 0.456. The van der Waals surface area contributed by atoms with Crippen molar-refractivity contribution in [2.24, 2.45) is 0 Å². The Kier molecular flexibility index (Phi) is 3.91. The quantitative estimate of drug-likeness (QED) is 0.699. The number of hydrogen-bond donors (Lipinski definition) is 0. The Morgan fingerprint density at radius 3 is 2.39 bits per heavy atom. The van der Waals surface area contributed by atoms with Gasteiger partial charge in [0.25, 0.3) is 5.24 Å². The van der Waals surface area contributed by atoms with Gasteiger partial charge in [0.15, 0.2) is 0 Å². The van der Waals surface area contributed by atoms with Crippen LogP contribution in [0, 0.1) is 5.82 Å². The SMILES string of the molecule is O=C(Cl)c1cccc(F)c1-c1cccc(Cl)c1Cl. The van der Waals surface area contributed by atoms with Crippen LogP contribution in [-0.4, -0.2) is 5.24 Å². The van der Waals surface area contributed by atoms with E-state index in [2.05, 4.69) is 0 Å². The van der Waals surface area contributed by atoms with Crippen LogP contribution < -0.4 is 0 Å². The Bertz CT molecular complexity index is 626. The molecular weight excluding hydrogens is 297 g/mol. The molecule has 2 rings (SSSR count). The van der Waals surface area contributed by atoms with E-state index in [-0.39, 0.29) is 21.2 Å². The molecule has 0 radical (unpaired) electrons.